The van der Waals surface area contributed by atoms with Crippen LogP contribution in [-0.2, 0) is 4.74 Å². The highest BCUT2D eigenvalue weighted by atomic mass is 19.1. The Balaban J connectivity index is 2.32. The Kier molecular flexibility index (Phi) is 3.16. The first-order chi connectivity index (χ1) is 7.58. The largest absolute Gasteiger partial charge is 0.393 e. The van der Waals surface area contributed by atoms with Crippen LogP contribution in [0, 0.1) is 17.5 Å². The van der Waals surface area contributed by atoms with E-state index in [9.17, 15) is 18.3 Å². The summed E-state index contributed by atoms with van der Waals surface area (Å²) in [6.45, 7) is 0.238. The topological polar surface area (TPSA) is 29.5 Å². The second-order valence-electron chi connectivity index (χ2n) is 3.82. The summed E-state index contributed by atoms with van der Waals surface area (Å²) in [5, 5.41) is 9.38. The molecule has 1 N–H and O–H groups in total. The lowest BCUT2D eigenvalue weighted by molar-refractivity contribution is -0.0476. The molecule has 0 aliphatic carbocycles. The first-order valence-electron chi connectivity index (χ1n) is 5.02. The molecule has 2 unspecified atom stereocenters. The van der Waals surface area contributed by atoms with Crippen molar-refractivity contribution in [1.82, 2.24) is 0 Å². The minimum atomic E-state index is -0.975. The van der Waals surface area contributed by atoms with Crippen LogP contribution in [0.2, 0.25) is 0 Å². The maximum atomic E-state index is 13.4. The van der Waals surface area contributed by atoms with Crippen molar-refractivity contribution in [3.63, 3.8) is 0 Å². The number of halogens is 3. The molecule has 16 heavy (non-hydrogen) atoms. The zero-order valence-electron chi connectivity index (χ0n) is 8.42. The summed E-state index contributed by atoms with van der Waals surface area (Å²) < 4.78 is 44.6. The molecule has 1 fully saturated rings. The number of ether oxygens (including phenoxy) is 1. The van der Waals surface area contributed by atoms with E-state index in [1.165, 1.54) is 0 Å². The number of rotatable bonds is 1. The van der Waals surface area contributed by atoms with E-state index in [1.807, 2.05) is 0 Å². The zero-order valence-corrected chi connectivity index (χ0v) is 8.42. The van der Waals surface area contributed by atoms with E-state index < -0.39 is 29.7 Å². The molecule has 1 aliphatic heterocycles. The van der Waals surface area contributed by atoms with Crippen LogP contribution in [0.5, 0.6) is 0 Å². The predicted octanol–water partition coefficient (Wildman–Crippen LogP) is 2.32. The van der Waals surface area contributed by atoms with Gasteiger partial charge in [-0.15, -0.1) is 0 Å². The summed E-state index contributed by atoms with van der Waals surface area (Å²) in [5.74, 6) is -2.91. The van der Waals surface area contributed by atoms with Crippen molar-refractivity contribution in [3.8, 4) is 0 Å². The van der Waals surface area contributed by atoms with Crippen molar-refractivity contribution in [1.29, 1.82) is 0 Å². The van der Waals surface area contributed by atoms with Crippen LogP contribution in [-0.4, -0.2) is 17.8 Å². The standard InChI is InChI=1S/C11H11F3O2/c12-6-3-8(13)11(9(14)4-6)10-5-7(15)1-2-16-10/h3-4,7,10,15H,1-2,5H2. The van der Waals surface area contributed by atoms with Crippen LogP contribution in [0.15, 0.2) is 12.1 Å². The van der Waals surface area contributed by atoms with Crippen LogP contribution in [0.25, 0.3) is 0 Å². The van der Waals surface area contributed by atoms with Gasteiger partial charge in [-0.05, 0) is 6.42 Å². The lowest BCUT2D eigenvalue weighted by atomic mass is 9.98. The molecule has 2 atom stereocenters. The van der Waals surface area contributed by atoms with Gasteiger partial charge in [0.2, 0.25) is 0 Å². The van der Waals surface area contributed by atoms with E-state index in [-0.39, 0.29) is 18.6 Å². The molecule has 88 valence electrons. The minimum absolute atomic E-state index is 0.124. The second kappa shape index (κ2) is 4.43. The van der Waals surface area contributed by atoms with E-state index in [1.54, 1.807) is 0 Å². The van der Waals surface area contributed by atoms with E-state index >= 15 is 0 Å². The molecular formula is C11H11F3O2. The Morgan fingerprint density at radius 2 is 1.81 bits per heavy atom. The van der Waals surface area contributed by atoms with Crippen LogP contribution in [0.4, 0.5) is 13.2 Å². The number of hydrogen-bond donors (Lipinski definition) is 1. The third-order valence-corrected chi connectivity index (χ3v) is 2.62. The summed E-state index contributed by atoms with van der Waals surface area (Å²) in [7, 11) is 0. The smallest absolute Gasteiger partial charge is 0.134 e. The highest BCUT2D eigenvalue weighted by Crippen LogP contribution is 2.32. The molecule has 2 nitrogen and oxygen atoms in total. The molecule has 2 rings (SSSR count). The molecular weight excluding hydrogens is 221 g/mol. The van der Waals surface area contributed by atoms with Gasteiger partial charge in [0.25, 0.3) is 0 Å². The van der Waals surface area contributed by atoms with Crippen molar-refractivity contribution < 1.29 is 23.0 Å². The van der Waals surface area contributed by atoms with Crippen molar-refractivity contribution >= 4 is 0 Å². The second-order valence-corrected chi connectivity index (χ2v) is 3.82. The van der Waals surface area contributed by atoms with Gasteiger partial charge in [0.1, 0.15) is 17.5 Å². The van der Waals surface area contributed by atoms with Crippen molar-refractivity contribution in [3.05, 3.63) is 35.1 Å². The number of aliphatic hydroxyl groups excluding tert-OH is 1. The van der Waals surface area contributed by atoms with Gasteiger partial charge in [-0.1, -0.05) is 0 Å². The quantitative estimate of drug-likeness (QED) is 0.805. The molecule has 1 aromatic carbocycles. The SMILES string of the molecule is OC1CCOC(c2c(F)cc(F)cc2F)C1. The van der Waals surface area contributed by atoms with Gasteiger partial charge in [-0.2, -0.15) is 0 Å². The van der Waals surface area contributed by atoms with E-state index in [2.05, 4.69) is 0 Å². The summed E-state index contributed by atoms with van der Waals surface area (Å²) in [4.78, 5) is 0. The maximum Gasteiger partial charge on any atom is 0.134 e. The van der Waals surface area contributed by atoms with E-state index in [0.717, 1.165) is 0 Å². The third-order valence-electron chi connectivity index (χ3n) is 2.62. The molecule has 1 heterocycles. The van der Waals surface area contributed by atoms with E-state index in [4.69, 9.17) is 4.74 Å². The molecule has 1 aliphatic rings. The van der Waals surface area contributed by atoms with Gasteiger partial charge in [-0.25, -0.2) is 13.2 Å². The predicted molar refractivity (Wildman–Crippen MR) is 50.2 cm³/mol. The van der Waals surface area contributed by atoms with Crippen molar-refractivity contribution in [2.24, 2.45) is 0 Å². The molecule has 0 bridgehead atoms. The van der Waals surface area contributed by atoms with Gasteiger partial charge in [0, 0.05) is 25.2 Å². The maximum absolute atomic E-state index is 13.4. The lowest BCUT2D eigenvalue weighted by Crippen LogP contribution is -2.24. The van der Waals surface area contributed by atoms with Gasteiger partial charge in [0.15, 0.2) is 0 Å². The Labute approximate surface area is 90.7 Å². The van der Waals surface area contributed by atoms with Gasteiger partial charge in [-0.3, -0.25) is 0 Å². The Hall–Kier alpha value is -1.07. The molecule has 1 aromatic rings. The highest BCUT2D eigenvalue weighted by Gasteiger charge is 2.27. The third kappa shape index (κ3) is 2.20. The van der Waals surface area contributed by atoms with Crippen LogP contribution < -0.4 is 0 Å². The molecule has 0 saturated carbocycles. The number of aliphatic hydroxyl groups is 1. The summed E-state index contributed by atoms with van der Waals surface area (Å²) in [6, 6.07) is 1.23. The average Bonchev–Trinajstić information content (AvgIpc) is 2.15. The Morgan fingerprint density at radius 1 is 1.19 bits per heavy atom. The summed E-state index contributed by atoms with van der Waals surface area (Å²) in [5.41, 5.74) is -0.305. The van der Waals surface area contributed by atoms with Crippen LogP contribution in [0.1, 0.15) is 24.5 Å². The van der Waals surface area contributed by atoms with E-state index in [0.29, 0.717) is 18.6 Å². The molecule has 5 heteroatoms. The highest BCUT2D eigenvalue weighted by molar-refractivity contribution is 5.23. The zero-order chi connectivity index (χ0) is 11.7. The van der Waals surface area contributed by atoms with Crippen LogP contribution >= 0.6 is 0 Å². The summed E-state index contributed by atoms with van der Waals surface area (Å²) >= 11 is 0. The van der Waals surface area contributed by atoms with Crippen LogP contribution in [0.3, 0.4) is 0 Å². The minimum Gasteiger partial charge on any atom is -0.393 e. The number of benzene rings is 1. The lowest BCUT2D eigenvalue weighted by Gasteiger charge is -2.27. The first kappa shape index (κ1) is 11.4. The van der Waals surface area contributed by atoms with Crippen molar-refractivity contribution in [2.75, 3.05) is 6.61 Å². The molecule has 0 radical (unpaired) electrons. The molecule has 0 amide bonds. The molecule has 1 saturated heterocycles. The molecule has 0 spiro atoms. The van der Waals surface area contributed by atoms with Gasteiger partial charge in [0.05, 0.1) is 17.8 Å². The normalized spacial score (nSPS) is 25.8. The van der Waals surface area contributed by atoms with Gasteiger partial charge < -0.3 is 9.84 Å². The average molecular weight is 232 g/mol. The monoisotopic (exact) mass is 232 g/mol. The fraction of sp³-hybridized carbons (Fsp3) is 0.455. The molecule has 0 aromatic heterocycles. The number of hydrogen-bond acceptors (Lipinski definition) is 2. The Morgan fingerprint density at radius 3 is 2.38 bits per heavy atom. The summed E-state index contributed by atoms with van der Waals surface area (Å²) in [6.07, 6.45) is -0.910. The Bertz CT molecular complexity index is 372. The van der Waals surface area contributed by atoms with Crippen molar-refractivity contribution in [2.45, 2.75) is 25.0 Å². The first-order valence-corrected chi connectivity index (χ1v) is 5.02. The van der Waals surface area contributed by atoms with Gasteiger partial charge >= 0.3 is 0 Å². The fourth-order valence-corrected chi connectivity index (χ4v) is 1.84. The fourth-order valence-electron chi connectivity index (χ4n) is 1.84.